The first-order valence-electron chi connectivity index (χ1n) is 4.13. The highest BCUT2D eigenvalue weighted by atomic mass is 16.5. The second-order valence-corrected chi connectivity index (χ2v) is 2.75. The molecule has 0 amide bonds. The molecule has 0 aliphatic rings. The maximum atomic E-state index is 9.48. The van der Waals surface area contributed by atoms with Gasteiger partial charge in [-0.2, -0.15) is 0 Å². The van der Waals surface area contributed by atoms with Crippen LogP contribution >= 0.6 is 0 Å². The van der Waals surface area contributed by atoms with Gasteiger partial charge in [0, 0.05) is 12.6 Å². The summed E-state index contributed by atoms with van der Waals surface area (Å²) < 4.78 is 4.79. The molecule has 1 aromatic rings. The van der Waals surface area contributed by atoms with E-state index in [2.05, 4.69) is 10.2 Å². The first kappa shape index (κ1) is 10.8. The van der Waals surface area contributed by atoms with E-state index in [9.17, 15) is 10.2 Å². The minimum Gasteiger partial charge on any atom is -0.480 e. The van der Waals surface area contributed by atoms with Gasteiger partial charge in [-0.3, -0.25) is 0 Å². The third-order valence-electron chi connectivity index (χ3n) is 1.78. The standard InChI is InChI=1S/C8H13N3O3/c1-14-7-3-2-5(10-11-7)8(13)6(12)4-9/h2-3,6,8,12-13H,4,9H2,1H3. The molecule has 2 unspecified atom stereocenters. The maximum absolute atomic E-state index is 9.48. The summed E-state index contributed by atoms with van der Waals surface area (Å²) in [6, 6.07) is 3.07. The van der Waals surface area contributed by atoms with Crippen LogP contribution in [0.1, 0.15) is 11.8 Å². The van der Waals surface area contributed by atoms with Crippen molar-refractivity contribution in [1.29, 1.82) is 0 Å². The SMILES string of the molecule is COc1ccc(C(O)C(O)CN)nn1. The van der Waals surface area contributed by atoms with Crippen molar-refractivity contribution in [2.75, 3.05) is 13.7 Å². The van der Waals surface area contributed by atoms with Crippen molar-refractivity contribution in [3.05, 3.63) is 17.8 Å². The average Bonchev–Trinajstić information content (AvgIpc) is 2.27. The van der Waals surface area contributed by atoms with E-state index >= 15 is 0 Å². The zero-order valence-corrected chi connectivity index (χ0v) is 7.79. The predicted molar refractivity (Wildman–Crippen MR) is 48.6 cm³/mol. The molecule has 0 aliphatic heterocycles. The molecule has 0 fully saturated rings. The zero-order valence-electron chi connectivity index (χ0n) is 7.79. The van der Waals surface area contributed by atoms with Crippen LogP contribution in [0.5, 0.6) is 5.88 Å². The summed E-state index contributed by atoms with van der Waals surface area (Å²) in [6.07, 6.45) is -2.14. The first-order valence-corrected chi connectivity index (χ1v) is 4.13. The lowest BCUT2D eigenvalue weighted by atomic mass is 10.1. The molecule has 2 atom stereocenters. The summed E-state index contributed by atoms with van der Waals surface area (Å²) in [5.41, 5.74) is 5.45. The van der Waals surface area contributed by atoms with Gasteiger partial charge in [0.25, 0.3) is 0 Å². The van der Waals surface area contributed by atoms with Gasteiger partial charge in [0.2, 0.25) is 5.88 Å². The molecular weight excluding hydrogens is 186 g/mol. The molecule has 14 heavy (non-hydrogen) atoms. The highest BCUT2D eigenvalue weighted by Crippen LogP contribution is 2.14. The Balaban J connectivity index is 2.75. The smallest absolute Gasteiger partial charge is 0.233 e. The number of nitrogens with zero attached hydrogens (tertiary/aromatic N) is 2. The summed E-state index contributed by atoms with van der Waals surface area (Å²) in [5.74, 6) is 0.350. The Morgan fingerprint density at radius 3 is 2.57 bits per heavy atom. The quantitative estimate of drug-likeness (QED) is 0.565. The van der Waals surface area contributed by atoms with Crippen LogP contribution in [0.3, 0.4) is 0 Å². The molecule has 6 heteroatoms. The van der Waals surface area contributed by atoms with Gasteiger partial charge in [-0.15, -0.1) is 10.2 Å². The van der Waals surface area contributed by atoms with Crippen LogP contribution in [-0.2, 0) is 0 Å². The molecule has 1 heterocycles. The molecule has 1 aromatic heterocycles. The number of methoxy groups -OCH3 is 1. The topological polar surface area (TPSA) is 101 Å². The number of aliphatic hydroxyl groups excluding tert-OH is 2. The first-order chi connectivity index (χ1) is 6.69. The summed E-state index contributed by atoms with van der Waals surface area (Å²) in [4.78, 5) is 0. The Kier molecular flexibility index (Phi) is 3.75. The van der Waals surface area contributed by atoms with Gasteiger partial charge in [-0.1, -0.05) is 0 Å². The summed E-state index contributed by atoms with van der Waals surface area (Å²) in [7, 11) is 1.47. The number of aromatic nitrogens is 2. The summed E-state index contributed by atoms with van der Waals surface area (Å²) >= 11 is 0. The van der Waals surface area contributed by atoms with Crippen LogP contribution in [0, 0.1) is 0 Å². The van der Waals surface area contributed by atoms with Crippen molar-refractivity contribution in [3.63, 3.8) is 0 Å². The molecule has 78 valence electrons. The van der Waals surface area contributed by atoms with Crippen molar-refractivity contribution >= 4 is 0 Å². The molecule has 0 aliphatic carbocycles. The Morgan fingerprint density at radius 2 is 2.14 bits per heavy atom. The monoisotopic (exact) mass is 199 g/mol. The lowest BCUT2D eigenvalue weighted by Gasteiger charge is -2.14. The summed E-state index contributed by atoms with van der Waals surface area (Å²) in [5, 5.41) is 26.0. The summed E-state index contributed by atoms with van der Waals surface area (Å²) in [6.45, 7) is -0.0329. The molecule has 4 N–H and O–H groups in total. The van der Waals surface area contributed by atoms with E-state index < -0.39 is 12.2 Å². The van der Waals surface area contributed by atoms with Gasteiger partial charge < -0.3 is 20.7 Å². The second kappa shape index (κ2) is 4.85. The van der Waals surface area contributed by atoms with E-state index in [4.69, 9.17) is 10.5 Å². The van der Waals surface area contributed by atoms with Crippen LogP contribution in [0.25, 0.3) is 0 Å². The number of hydrogen-bond donors (Lipinski definition) is 3. The highest BCUT2D eigenvalue weighted by molar-refractivity contribution is 5.13. The zero-order chi connectivity index (χ0) is 10.6. The van der Waals surface area contributed by atoms with Gasteiger partial charge in [0.1, 0.15) is 6.10 Å². The van der Waals surface area contributed by atoms with Crippen molar-refractivity contribution in [2.45, 2.75) is 12.2 Å². The van der Waals surface area contributed by atoms with E-state index in [1.165, 1.54) is 13.2 Å². The molecular formula is C8H13N3O3. The van der Waals surface area contributed by atoms with E-state index in [1.807, 2.05) is 0 Å². The normalized spacial score (nSPS) is 14.9. The molecule has 6 nitrogen and oxygen atoms in total. The van der Waals surface area contributed by atoms with Gasteiger partial charge in [-0.05, 0) is 6.07 Å². The Bertz CT molecular complexity index is 278. The van der Waals surface area contributed by atoms with E-state index in [1.54, 1.807) is 6.07 Å². The van der Waals surface area contributed by atoms with Gasteiger partial charge in [-0.25, -0.2) is 0 Å². The lowest BCUT2D eigenvalue weighted by molar-refractivity contribution is 0.0211. The fraction of sp³-hybridized carbons (Fsp3) is 0.500. The lowest BCUT2D eigenvalue weighted by Crippen LogP contribution is -2.27. The highest BCUT2D eigenvalue weighted by Gasteiger charge is 2.18. The number of nitrogens with two attached hydrogens (primary N) is 1. The van der Waals surface area contributed by atoms with Crippen LogP contribution < -0.4 is 10.5 Å². The Labute approximate surface area is 81.3 Å². The molecule has 0 spiro atoms. The van der Waals surface area contributed by atoms with Crippen LogP contribution in [-0.4, -0.2) is 40.2 Å². The van der Waals surface area contributed by atoms with E-state index in [-0.39, 0.29) is 12.2 Å². The molecule has 0 radical (unpaired) electrons. The average molecular weight is 199 g/mol. The number of rotatable bonds is 4. The van der Waals surface area contributed by atoms with Gasteiger partial charge in [0.15, 0.2) is 0 Å². The van der Waals surface area contributed by atoms with Gasteiger partial charge >= 0.3 is 0 Å². The number of aliphatic hydroxyl groups is 2. The third kappa shape index (κ3) is 2.38. The van der Waals surface area contributed by atoms with Gasteiger partial charge in [0.05, 0.1) is 18.9 Å². The van der Waals surface area contributed by atoms with Crippen LogP contribution in [0.4, 0.5) is 0 Å². The van der Waals surface area contributed by atoms with Crippen molar-refractivity contribution in [3.8, 4) is 5.88 Å². The van der Waals surface area contributed by atoms with E-state index in [0.717, 1.165) is 0 Å². The van der Waals surface area contributed by atoms with Crippen LogP contribution in [0.15, 0.2) is 12.1 Å². The minimum atomic E-state index is -1.11. The maximum Gasteiger partial charge on any atom is 0.233 e. The fourth-order valence-electron chi connectivity index (χ4n) is 0.923. The minimum absolute atomic E-state index is 0.0329. The molecule has 0 aromatic carbocycles. The fourth-order valence-corrected chi connectivity index (χ4v) is 0.923. The molecule has 0 saturated carbocycles. The Hall–Kier alpha value is -1.24. The number of ether oxygens (including phenoxy) is 1. The van der Waals surface area contributed by atoms with Crippen molar-refractivity contribution in [2.24, 2.45) is 5.73 Å². The van der Waals surface area contributed by atoms with Crippen LogP contribution in [0.2, 0.25) is 0 Å². The molecule has 1 rings (SSSR count). The largest absolute Gasteiger partial charge is 0.480 e. The Morgan fingerprint density at radius 1 is 1.43 bits per heavy atom. The predicted octanol–water partition coefficient (Wildman–Crippen LogP) is -1.16. The van der Waals surface area contributed by atoms with Crippen molar-refractivity contribution < 1.29 is 14.9 Å². The molecule has 0 bridgehead atoms. The molecule has 0 saturated heterocycles. The van der Waals surface area contributed by atoms with E-state index in [0.29, 0.717) is 5.88 Å². The van der Waals surface area contributed by atoms with Crippen molar-refractivity contribution in [1.82, 2.24) is 10.2 Å². The third-order valence-corrected chi connectivity index (χ3v) is 1.78. The second-order valence-electron chi connectivity index (χ2n) is 2.75. The number of hydrogen-bond acceptors (Lipinski definition) is 6.